The molecule has 2 N–H and O–H groups in total. The van der Waals surface area contributed by atoms with E-state index in [1.54, 1.807) is 42.5 Å². The van der Waals surface area contributed by atoms with Gasteiger partial charge in [0.1, 0.15) is 5.69 Å². The lowest BCUT2D eigenvalue weighted by molar-refractivity contribution is -0.140. The molecule has 1 aliphatic carbocycles. The molecule has 3 aliphatic rings. The molecule has 5 rings (SSSR count). The molecule has 0 radical (unpaired) electrons. The van der Waals surface area contributed by atoms with E-state index in [1.165, 1.54) is 18.1 Å². The predicted octanol–water partition coefficient (Wildman–Crippen LogP) is 2.92. The minimum atomic E-state index is -3.59. The van der Waals surface area contributed by atoms with Gasteiger partial charge in [-0.25, -0.2) is 4.98 Å². The summed E-state index contributed by atoms with van der Waals surface area (Å²) in [4.78, 5) is 38.1. The lowest BCUT2D eigenvalue weighted by Crippen LogP contribution is -2.46. The van der Waals surface area contributed by atoms with Gasteiger partial charge in [-0.3, -0.25) is 9.59 Å². The van der Waals surface area contributed by atoms with Gasteiger partial charge < -0.3 is 25.3 Å². The Morgan fingerprint density at radius 3 is 2.47 bits per heavy atom. The summed E-state index contributed by atoms with van der Waals surface area (Å²) < 4.78 is 29.2. The maximum atomic E-state index is 14.6. The van der Waals surface area contributed by atoms with E-state index in [2.05, 4.69) is 32.5 Å². The van der Waals surface area contributed by atoms with E-state index in [0.29, 0.717) is 16.9 Å². The number of carbonyl (C=O) groups is 2. The zero-order chi connectivity index (χ0) is 25.4. The number of hydrogen-bond acceptors (Lipinski definition) is 7. The molecule has 2 aromatic rings. The number of allylic oxidation sites excluding steroid dienone is 3. The number of amides is 2. The highest BCUT2D eigenvalue weighted by atomic mass is 19.3. The molecule has 9 nitrogen and oxygen atoms in total. The molecule has 188 valence electrons. The number of fused-ring (bicyclic) bond motifs is 1. The van der Waals surface area contributed by atoms with Crippen LogP contribution in [0.2, 0.25) is 0 Å². The molecular weight excluding hydrogens is 468 g/mol. The van der Waals surface area contributed by atoms with Crippen LogP contribution in [0.3, 0.4) is 0 Å². The summed E-state index contributed by atoms with van der Waals surface area (Å²) in [5, 5.41) is 6.14. The molecule has 1 saturated heterocycles. The van der Waals surface area contributed by atoms with Gasteiger partial charge in [-0.1, -0.05) is 6.08 Å². The first-order valence-corrected chi connectivity index (χ1v) is 11.8. The lowest BCUT2D eigenvalue weighted by atomic mass is 10.0. The zero-order valence-electron chi connectivity index (χ0n) is 20.0. The van der Waals surface area contributed by atoms with Crippen molar-refractivity contribution in [1.29, 1.82) is 0 Å². The highest BCUT2D eigenvalue weighted by Crippen LogP contribution is 2.38. The molecule has 11 heteroatoms. The van der Waals surface area contributed by atoms with Crippen molar-refractivity contribution in [3.8, 4) is 0 Å². The van der Waals surface area contributed by atoms with Crippen LogP contribution in [-0.2, 0) is 4.79 Å². The Bertz CT molecular complexity index is 1240. The topological polar surface area (TPSA) is 93.7 Å². The Labute approximate surface area is 207 Å². The van der Waals surface area contributed by atoms with Gasteiger partial charge >= 0.3 is 5.92 Å². The Kier molecular flexibility index (Phi) is 6.17. The summed E-state index contributed by atoms with van der Waals surface area (Å²) in [6.45, 7) is 1.10. The summed E-state index contributed by atoms with van der Waals surface area (Å²) in [6, 6.07) is 7.05. The number of aromatic nitrogens is 2. The third-order valence-corrected chi connectivity index (χ3v) is 6.64. The number of rotatable bonds is 5. The molecule has 3 heterocycles. The Balaban J connectivity index is 1.33. The first-order chi connectivity index (χ1) is 17.2. The average Bonchev–Trinajstić information content (AvgIpc) is 2.89. The molecule has 0 atom stereocenters. The van der Waals surface area contributed by atoms with E-state index in [0.717, 1.165) is 30.8 Å². The van der Waals surface area contributed by atoms with Crippen LogP contribution in [0.4, 0.5) is 31.9 Å². The SMILES string of the molecule is CN1CCC(NC(=O)c2ccc(Nc3ncc4c(n3)N(C3=CC=C3)CC(F)(F)C(=O)N4C)cc2)CC1. The zero-order valence-corrected chi connectivity index (χ0v) is 20.0. The summed E-state index contributed by atoms with van der Waals surface area (Å²) in [6.07, 6.45) is 8.29. The van der Waals surface area contributed by atoms with E-state index < -0.39 is 18.4 Å². The van der Waals surface area contributed by atoms with Crippen LogP contribution in [0, 0.1) is 0 Å². The van der Waals surface area contributed by atoms with Crippen molar-refractivity contribution >= 4 is 35.0 Å². The standard InChI is InChI=1S/C25H27F2N7O2/c1-32-12-10-18(11-13-32)29-22(35)16-6-8-17(9-7-16)30-24-28-14-20-21(31-24)34(19-4-3-5-19)15-25(26,27)23(36)33(20)2/h3-9,14,18H,10-13,15H2,1-2H3,(H,29,35)(H,28,30,31). The maximum Gasteiger partial charge on any atom is 0.342 e. The fourth-order valence-electron chi connectivity index (χ4n) is 4.39. The summed E-state index contributed by atoms with van der Waals surface area (Å²) in [5.41, 5.74) is 1.89. The largest absolute Gasteiger partial charge is 0.349 e. The molecular formula is C25H27F2N7O2. The van der Waals surface area contributed by atoms with Crippen molar-refractivity contribution in [2.24, 2.45) is 0 Å². The van der Waals surface area contributed by atoms with Gasteiger partial charge in [-0.2, -0.15) is 13.8 Å². The van der Waals surface area contributed by atoms with Gasteiger partial charge in [0, 0.05) is 30.0 Å². The number of benzene rings is 1. The molecule has 1 aromatic heterocycles. The summed E-state index contributed by atoms with van der Waals surface area (Å²) in [5.74, 6) is -4.64. The first-order valence-electron chi connectivity index (χ1n) is 11.8. The van der Waals surface area contributed by atoms with Crippen molar-refractivity contribution in [1.82, 2.24) is 20.2 Å². The number of anilines is 4. The molecule has 2 amide bonds. The minimum absolute atomic E-state index is 0.122. The third-order valence-electron chi connectivity index (χ3n) is 6.64. The Morgan fingerprint density at radius 1 is 1.14 bits per heavy atom. The quantitative estimate of drug-likeness (QED) is 0.659. The monoisotopic (exact) mass is 495 g/mol. The highest BCUT2D eigenvalue weighted by molar-refractivity contribution is 6.02. The van der Waals surface area contributed by atoms with E-state index >= 15 is 0 Å². The van der Waals surface area contributed by atoms with Gasteiger partial charge in [-0.15, -0.1) is 0 Å². The second-order valence-corrected chi connectivity index (χ2v) is 9.26. The number of alkyl halides is 2. The highest BCUT2D eigenvalue weighted by Gasteiger charge is 2.48. The smallest absolute Gasteiger partial charge is 0.342 e. The summed E-state index contributed by atoms with van der Waals surface area (Å²) >= 11 is 0. The lowest BCUT2D eigenvalue weighted by Gasteiger charge is -2.29. The molecule has 0 unspecified atom stereocenters. The van der Waals surface area contributed by atoms with Crippen molar-refractivity contribution in [3.63, 3.8) is 0 Å². The van der Waals surface area contributed by atoms with Gasteiger partial charge in [0.15, 0.2) is 5.82 Å². The number of hydrogen-bond donors (Lipinski definition) is 2. The maximum absolute atomic E-state index is 14.6. The predicted molar refractivity (Wildman–Crippen MR) is 133 cm³/mol. The van der Waals surface area contributed by atoms with Crippen molar-refractivity contribution in [2.45, 2.75) is 24.8 Å². The van der Waals surface area contributed by atoms with Crippen molar-refractivity contribution in [2.75, 3.05) is 48.8 Å². The Hall–Kier alpha value is -3.86. The van der Waals surface area contributed by atoms with Crippen LogP contribution in [0.5, 0.6) is 0 Å². The molecule has 0 spiro atoms. The van der Waals surface area contributed by atoms with Crippen LogP contribution in [-0.4, -0.2) is 72.4 Å². The van der Waals surface area contributed by atoms with Crippen LogP contribution < -0.4 is 20.4 Å². The third kappa shape index (κ3) is 4.66. The first kappa shape index (κ1) is 23.9. The van der Waals surface area contributed by atoms with Crippen LogP contribution in [0.1, 0.15) is 23.2 Å². The molecule has 2 aliphatic heterocycles. The fourth-order valence-corrected chi connectivity index (χ4v) is 4.39. The van der Waals surface area contributed by atoms with Gasteiger partial charge in [0.2, 0.25) is 5.95 Å². The number of nitrogens with one attached hydrogen (secondary N) is 2. The van der Waals surface area contributed by atoms with Crippen LogP contribution >= 0.6 is 0 Å². The van der Waals surface area contributed by atoms with Gasteiger partial charge in [0.25, 0.3) is 11.8 Å². The van der Waals surface area contributed by atoms with Crippen molar-refractivity contribution in [3.05, 3.63) is 60.0 Å². The second kappa shape index (κ2) is 9.30. The summed E-state index contributed by atoms with van der Waals surface area (Å²) in [7, 11) is 3.36. The van der Waals surface area contributed by atoms with E-state index in [4.69, 9.17) is 0 Å². The molecule has 1 fully saturated rings. The number of carbonyl (C=O) groups excluding carboxylic acids is 2. The fraction of sp³-hybridized carbons (Fsp3) is 0.360. The number of likely N-dealkylation sites (tertiary alicyclic amines) is 1. The number of piperidine rings is 1. The van der Waals surface area contributed by atoms with E-state index in [9.17, 15) is 18.4 Å². The molecule has 36 heavy (non-hydrogen) atoms. The van der Waals surface area contributed by atoms with E-state index in [-0.39, 0.29) is 29.4 Å². The average molecular weight is 496 g/mol. The van der Waals surface area contributed by atoms with Crippen LogP contribution in [0.15, 0.2) is 54.4 Å². The molecule has 0 bridgehead atoms. The van der Waals surface area contributed by atoms with Gasteiger partial charge in [-0.05, 0) is 69.4 Å². The van der Waals surface area contributed by atoms with Gasteiger partial charge in [0.05, 0.1) is 12.7 Å². The van der Waals surface area contributed by atoms with Crippen LogP contribution in [0.25, 0.3) is 0 Å². The normalized spacial score (nSPS) is 19.8. The molecule has 0 saturated carbocycles. The molecule has 1 aromatic carbocycles. The minimum Gasteiger partial charge on any atom is -0.349 e. The van der Waals surface area contributed by atoms with Crippen molar-refractivity contribution < 1.29 is 18.4 Å². The number of halogens is 2. The second-order valence-electron chi connectivity index (χ2n) is 9.26. The van der Waals surface area contributed by atoms with E-state index in [1.807, 2.05) is 0 Å². The number of nitrogens with zero attached hydrogens (tertiary/aromatic N) is 5. The Morgan fingerprint density at radius 2 is 1.83 bits per heavy atom.